The SMILES string of the molecule is COc1ccc2c(c1)CC(Nc1cc(C)ccc1Cl)CC2. The molecule has 0 saturated carbocycles. The molecule has 110 valence electrons. The molecule has 1 atom stereocenters. The summed E-state index contributed by atoms with van der Waals surface area (Å²) >= 11 is 6.28. The molecular weight excluding hydrogens is 282 g/mol. The fourth-order valence-electron chi connectivity index (χ4n) is 2.95. The molecule has 0 aromatic heterocycles. The maximum Gasteiger partial charge on any atom is 0.119 e. The summed E-state index contributed by atoms with van der Waals surface area (Å²) in [6.45, 7) is 2.09. The lowest BCUT2D eigenvalue weighted by Gasteiger charge is -2.27. The van der Waals surface area contributed by atoms with Gasteiger partial charge in [0.1, 0.15) is 5.75 Å². The number of fused-ring (bicyclic) bond motifs is 1. The van der Waals surface area contributed by atoms with Gasteiger partial charge >= 0.3 is 0 Å². The Morgan fingerprint density at radius 3 is 2.81 bits per heavy atom. The van der Waals surface area contributed by atoms with E-state index in [9.17, 15) is 0 Å². The molecule has 0 saturated heterocycles. The third kappa shape index (κ3) is 3.16. The smallest absolute Gasteiger partial charge is 0.119 e. The Balaban J connectivity index is 1.78. The molecule has 2 aromatic carbocycles. The zero-order valence-corrected chi connectivity index (χ0v) is 13.2. The minimum absolute atomic E-state index is 0.420. The topological polar surface area (TPSA) is 21.3 Å². The summed E-state index contributed by atoms with van der Waals surface area (Å²) in [5.74, 6) is 0.933. The van der Waals surface area contributed by atoms with Crippen molar-refractivity contribution in [2.24, 2.45) is 0 Å². The number of benzene rings is 2. The molecule has 0 aliphatic heterocycles. The summed E-state index contributed by atoms with van der Waals surface area (Å²) in [5, 5.41) is 4.38. The number of aryl methyl sites for hydroxylation is 2. The van der Waals surface area contributed by atoms with Crippen LogP contribution in [0.25, 0.3) is 0 Å². The fraction of sp³-hybridized carbons (Fsp3) is 0.333. The van der Waals surface area contributed by atoms with Gasteiger partial charge in [-0.25, -0.2) is 0 Å². The summed E-state index contributed by atoms with van der Waals surface area (Å²) in [7, 11) is 1.72. The monoisotopic (exact) mass is 301 g/mol. The first-order valence-electron chi connectivity index (χ1n) is 7.34. The molecule has 2 aromatic rings. The average molecular weight is 302 g/mol. The van der Waals surface area contributed by atoms with Crippen LogP contribution in [0.1, 0.15) is 23.1 Å². The van der Waals surface area contributed by atoms with Crippen LogP contribution in [-0.2, 0) is 12.8 Å². The molecule has 0 bridgehead atoms. The zero-order valence-electron chi connectivity index (χ0n) is 12.4. The van der Waals surface area contributed by atoms with Crippen LogP contribution in [0.4, 0.5) is 5.69 Å². The van der Waals surface area contributed by atoms with Gasteiger partial charge in [-0.15, -0.1) is 0 Å². The summed E-state index contributed by atoms with van der Waals surface area (Å²) < 4.78 is 5.33. The number of halogens is 1. The Morgan fingerprint density at radius 1 is 1.14 bits per heavy atom. The van der Waals surface area contributed by atoms with Crippen LogP contribution in [0.15, 0.2) is 36.4 Å². The van der Waals surface area contributed by atoms with Crippen molar-refractivity contribution in [3.63, 3.8) is 0 Å². The van der Waals surface area contributed by atoms with Gasteiger partial charge in [-0.1, -0.05) is 23.7 Å². The van der Waals surface area contributed by atoms with Gasteiger partial charge in [0.15, 0.2) is 0 Å². The second-order valence-corrected chi connectivity index (χ2v) is 6.11. The summed E-state index contributed by atoms with van der Waals surface area (Å²) in [5.41, 5.74) is 5.07. The molecule has 1 aliphatic carbocycles. The quantitative estimate of drug-likeness (QED) is 0.892. The highest BCUT2D eigenvalue weighted by Gasteiger charge is 2.19. The van der Waals surface area contributed by atoms with Crippen molar-refractivity contribution in [3.8, 4) is 5.75 Å². The van der Waals surface area contributed by atoms with Crippen LogP contribution in [0.5, 0.6) is 5.75 Å². The maximum atomic E-state index is 6.28. The molecular formula is C18H20ClNO. The molecule has 0 fully saturated rings. The van der Waals surface area contributed by atoms with E-state index >= 15 is 0 Å². The molecule has 0 heterocycles. The Morgan fingerprint density at radius 2 is 2.00 bits per heavy atom. The number of methoxy groups -OCH3 is 1. The van der Waals surface area contributed by atoms with Gasteiger partial charge in [-0.3, -0.25) is 0 Å². The highest BCUT2D eigenvalue weighted by atomic mass is 35.5. The van der Waals surface area contributed by atoms with Crippen LogP contribution in [0.2, 0.25) is 5.02 Å². The van der Waals surface area contributed by atoms with Gasteiger partial charge in [0.2, 0.25) is 0 Å². The second-order valence-electron chi connectivity index (χ2n) is 5.70. The van der Waals surface area contributed by atoms with Gasteiger partial charge in [-0.2, -0.15) is 0 Å². The van der Waals surface area contributed by atoms with Crippen LogP contribution in [-0.4, -0.2) is 13.2 Å². The summed E-state index contributed by atoms with van der Waals surface area (Å²) in [6, 6.07) is 12.9. The van der Waals surface area contributed by atoms with Crippen molar-refractivity contribution in [2.75, 3.05) is 12.4 Å². The predicted molar refractivity (Wildman–Crippen MR) is 88.6 cm³/mol. The first-order valence-corrected chi connectivity index (χ1v) is 7.72. The molecule has 0 amide bonds. The first kappa shape index (κ1) is 14.3. The molecule has 0 radical (unpaired) electrons. The van der Waals surface area contributed by atoms with E-state index in [0.29, 0.717) is 6.04 Å². The Bertz CT molecular complexity index is 654. The van der Waals surface area contributed by atoms with Crippen molar-refractivity contribution >= 4 is 17.3 Å². The number of ether oxygens (including phenoxy) is 1. The zero-order chi connectivity index (χ0) is 14.8. The lowest BCUT2D eigenvalue weighted by molar-refractivity contribution is 0.413. The third-order valence-electron chi connectivity index (χ3n) is 4.12. The maximum absolute atomic E-state index is 6.28. The lowest BCUT2D eigenvalue weighted by atomic mass is 9.88. The number of hydrogen-bond acceptors (Lipinski definition) is 2. The van der Waals surface area contributed by atoms with Gasteiger partial charge in [0, 0.05) is 6.04 Å². The number of hydrogen-bond donors (Lipinski definition) is 1. The molecule has 3 rings (SSSR count). The van der Waals surface area contributed by atoms with Gasteiger partial charge < -0.3 is 10.1 Å². The summed E-state index contributed by atoms with van der Waals surface area (Å²) in [6.07, 6.45) is 3.24. The predicted octanol–water partition coefficient (Wildman–Crippen LogP) is 4.63. The van der Waals surface area contributed by atoms with E-state index in [2.05, 4.69) is 30.4 Å². The van der Waals surface area contributed by atoms with Crippen LogP contribution >= 0.6 is 11.6 Å². The molecule has 0 spiro atoms. The lowest BCUT2D eigenvalue weighted by Crippen LogP contribution is -2.27. The van der Waals surface area contributed by atoms with Crippen molar-refractivity contribution in [1.82, 2.24) is 0 Å². The van der Waals surface area contributed by atoms with E-state index in [1.807, 2.05) is 18.2 Å². The van der Waals surface area contributed by atoms with Crippen molar-refractivity contribution < 1.29 is 4.74 Å². The normalized spacial score (nSPS) is 17.2. The Labute approximate surface area is 131 Å². The standard InChI is InChI=1S/C18H20ClNO/c1-12-3-8-17(19)18(9-12)20-15-6-4-13-5-7-16(21-2)11-14(13)10-15/h3,5,7-9,11,15,20H,4,6,10H2,1-2H3. The van der Waals surface area contributed by atoms with E-state index < -0.39 is 0 Å². The van der Waals surface area contributed by atoms with Gasteiger partial charge in [0.05, 0.1) is 17.8 Å². The van der Waals surface area contributed by atoms with Crippen molar-refractivity contribution in [2.45, 2.75) is 32.2 Å². The minimum atomic E-state index is 0.420. The van der Waals surface area contributed by atoms with Crippen molar-refractivity contribution in [1.29, 1.82) is 0 Å². The number of anilines is 1. The van der Waals surface area contributed by atoms with E-state index in [1.165, 1.54) is 16.7 Å². The van der Waals surface area contributed by atoms with E-state index in [1.54, 1.807) is 7.11 Å². The molecule has 1 aliphatic rings. The molecule has 3 heteroatoms. The second kappa shape index (κ2) is 5.98. The summed E-state index contributed by atoms with van der Waals surface area (Å²) in [4.78, 5) is 0. The third-order valence-corrected chi connectivity index (χ3v) is 4.45. The van der Waals surface area contributed by atoms with Crippen LogP contribution in [0.3, 0.4) is 0 Å². The number of nitrogens with one attached hydrogen (secondary N) is 1. The largest absolute Gasteiger partial charge is 0.497 e. The molecule has 1 N–H and O–H groups in total. The highest BCUT2D eigenvalue weighted by Crippen LogP contribution is 2.29. The molecule has 2 nitrogen and oxygen atoms in total. The fourth-order valence-corrected chi connectivity index (χ4v) is 3.13. The Kier molecular flexibility index (Phi) is 4.07. The average Bonchev–Trinajstić information content (AvgIpc) is 2.50. The van der Waals surface area contributed by atoms with Crippen LogP contribution < -0.4 is 10.1 Å². The Hall–Kier alpha value is -1.67. The minimum Gasteiger partial charge on any atom is -0.497 e. The number of rotatable bonds is 3. The molecule has 21 heavy (non-hydrogen) atoms. The van der Waals surface area contributed by atoms with E-state index in [0.717, 1.165) is 35.7 Å². The van der Waals surface area contributed by atoms with Gasteiger partial charge in [-0.05, 0) is 67.1 Å². The van der Waals surface area contributed by atoms with Gasteiger partial charge in [0.25, 0.3) is 0 Å². The van der Waals surface area contributed by atoms with E-state index in [4.69, 9.17) is 16.3 Å². The highest BCUT2D eigenvalue weighted by molar-refractivity contribution is 6.33. The van der Waals surface area contributed by atoms with Crippen LogP contribution in [0, 0.1) is 6.92 Å². The first-order chi connectivity index (χ1) is 10.2. The van der Waals surface area contributed by atoms with Crippen molar-refractivity contribution in [3.05, 3.63) is 58.1 Å². The van der Waals surface area contributed by atoms with E-state index in [-0.39, 0.29) is 0 Å². The molecule has 1 unspecified atom stereocenters.